The number of aliphatic carboxylic acids is 1. The van der Waals surface area contributed by atoms with E-state index in [1.165, 1.54) is 0 Å². The fourth-order valence-electron chi connectivity index (χ4n) is 3.43. The van der Waals surface area contributed by atoms with Gasteiger partial charge in [-0.3, -0.25) is 4.79 Å². The highest BCUT2D eigenvalue weighted by Crippen LogP contribution is 2.37. The number of likely N-dealkylation sites (N-methyl/N-ethyl adjacent to an activating group) is 1. The van der Waals surface area contributed by atoms with Gasteiger partial charge in [0.15, 0.2) is 0 Å². The third kappa shape index (κ3) is 4.24. The number of likely N-dealkylation sites (tertiary alicyclic amines) is 1. The van der Waals surface area contributed by atoms with Crippen molar-refractivity contribution in [2.24, 2.45) is 5.92 Å². The molecule has 0 aromatic heterocycles. The Morgan fingerprint density at radius 1 is 1.30 bits per heavy atom. The number of methoxy groups -OCH3 is 1. The van der Waals surface area contributed by atoms with E-state index in [0.29, 0.717) is 6.54 Å². The molecule has 1 aromatic rings. The molecule has 1 N–H and O–H groups in total. The molecule has 0 radical (unpaired) electrons. The van der Waals surface area contributed by atoms with Crippen LogP contribution in [0.4, 0.5) is 0 Å². The van der Waals surface area contributed by atoms with Gasteiger partial charge in [0.1, 0.15) is 5.75 Å². The largest absolute Gasteiger partial charge is 0.496 e. The van der Waals surface area contributed by atoms with E-state index in [0.717, 1.165) is 44.0 Å². The SMILES string of the molecule is CCN(CC)CCN1CC(C(=O)O)C(c2ccccc2OC)C1. The number of carboxylic acids is 1. The number of hydrogen-bond acceptors (Lipinski definition) is 4. The molecule has 1 fully saturated rings. The van der Waals surface area contributed by atoms with E-state index in [2.05, 4.69) is 23.6 Å². The van der Waals surface area contributed by atoms with E-state index in [1.807, 2.05) is 24.3 Å². The van der Waals surface area contributed by atoms with Crippen molar-refractivity contribution in [1.82, 2.24) is 9.80 Å². The highest BCUT2D eigenvalue weighted by atomic mass is 16.5. The molecule has 2 atom stereocenters. The summed E-state index contributed by atoms with van der Waals surface area (Å²) >= 11 is 0. The number of carboxylic acid groups (broad SMARTS) is 1. The number of ether oxygens (including phenoxy) is 1. The Bertz CT molecular complexity index is 517. The Labute approximate surface area is 138 Å². The van der Waals surface area contributed by atoms with Crippen molar-refractivity contribution in [3.63, 3.8) is 0 Å². The van der Waals surface area contributed by atoms with Gasteiger partial charge in [0.25, 0.3) is 0 Å². The van der Waals surface area contributed by atoms with E-state index in [1.54, 1.807) is 7.11 Å². The van der Waals surface area contributed by atoms with Crippen LogP contribution in [-0.4, -0.2) is 67.3 Å². The van der Waals surface area contributed by atoms with Crippen molar-refractivity contribution >= 4 is 5.97 Å². The molecule has 0 saturated carbocycles. The summed E-state index contributed by atoms with van der Waals surface area (Å²) in [7, 11) is 1.64. The maximum Gasteiger partial charge on any atom is 0.308 e. The van der Waals surface area contributed by atoms with Crippen LogP contribution in [0.2, 0.25) is 0 Å². The zero-order valence-corrected chi connectivity index (χ0v) is 14.4. The van der Waals surface area contributed by atoms with Gasteiger partial charge in [-0.2, -0.15) is 0 Å². The van der Waals surface area contributed by atoms with Gasteiger partial charge in [-0.05, 0) is 24.7 Å². The average Bonchev–Trinajstić information content (AvgIpc) is 3.00. The molecule has 0 aliphatic carbocycles. The molecule has 1 aliphatic rings. The lowest BCUT2D eigenvalue weighted by atomic mass is 9.88. The third-order valence-electron chi connectivity index (χ3n) is 4.88. The fraction of sp³-hybridized carbons (Fsp3) is 0.611. The highest BCUT2D eigenvalue weighted by molar-refractivity contribution is 5.72. The molecule has 1 aliphatic heterocycles. The highest BCUT2D eigenvalue weighted by Gasteiger charge is 2.39. The van der Waals surface area contributed by atoms with E-state index in [-0.39, 0.29) is 11.8 Å². The smallest absolute Gasteiger partial charge is 0.308 e. The first-order chi connectivity index (χ1) is 11.1. The minimum atomic E-state index is -0.716. The van der Waals surface area contributed by atoms with Gasteiger partial charge >= 0.3 is 5.97 Å². The van der Waals surface area contributed by atoms with Crippen molar-refractivity contribution < 1.29 is 14.6 Å². The molecule has 1 saturated heterocycles. The van der Waals surface area contributed by atoms with Gasteiger partial charge in [0, 0.05) is 32.1 Å². The molecule has 128 valence electrons. The average molecular weight is 320 g/mol. The Balaban J connectivity index is 2.11. The molecule has 0 spiro atoms. The van der Waals surface area contributed by atoms with Crippen molar-refractivity contribution in [3.8, 4) is 5.75 Å². The first-order valence-electron chi connectivity index (χ1n) is 8.41. The van der Waals surface area contributed by atoms with Crippen LogP contribution < -0.4 is 4.74 Å². The van der Waals surface area contributed by atoms with Gasteiger partial charge in [-0.15, -0.1) is 0 Å². The monoisotopic (exact) mass is 320 g/mol. The summed E-state index contributed by atoms with van der Waals surface area (Å²) in [6.45, 7) is 9.66. The predicted octanol–water partition coefficient (Wildman–Crippen LogP) is 2.14. The van der Waals surface area contributed by atoms with Crippen LogP contribution in [0.5, 0.6) is 5.75 Å². The van der Waals surface area contributed by atoms with Gasteiger partial charge < -0.3 is 19.6 Å². The molecule has 2 unspecified atom stereocenters. The van der Waals surface area contributed by atoms with Gasteiger partial charge in [-0.25, -0.2) is 0 Å². The summed E-state index contributed by atoms with van der Waals surface area (Å²) < 4.78 is 5.43. The topological polar surface area (TPSA) is 53.0 Å². The van der Waals surface area contributed by atoms with Crippen molar-refractivity contribution in [2.75, 3.05) is 46.4 Å². The summed E-state index contributed by atoms with van der Waals surface area (Å²) in [5, 5.41) is 9.62. The van der Waals surface area contributed by atoms with Crippen LogP contribution in [0.15, 0.2) is 24.3 Å². The molecular formula is C18H28N2O3. The maximum atomic E-state index is 11.7. The Morgan fingerprint density at radius 2 is 2.00 bits per heavy atom. The lowest BCUT2D eigenvalue weighted by Gasteiger charge is -2.22. The standard InChI is InChI=1S/C18H28N2O3/c1-4-19(5-2)10-11-20-12-15(16(13-20)18(21)22)14-8-6-7-9-17(14)23-3/h6-9,15-16H,4-5,10-13H2,1-3H3,(H,21,22). The molecule has 1 heterocycles. The van der Waals surface area contributed by atoms with E-state index >= 15 is 0 Å². The summed E-state index contributed by atoms with van der Waals surface area (Å²) in [5.74, 6) is -0.316. The number of para-hydroxylation sites is 1. The molecule has 5 nitrogen and oxygen atoms in total. The number of benzene rings is 1. The second kappa shape index (κ2) is 8.31. The van der Waals surface area contributed by atoms with Crippen LogP contribution in [0, 0.1) is 5.92 Å². The lowest BCUT2D eigenvalue weighted by molar-refractivity contribution is -0.141. The lowest BCUT2D eigenvalue weighted by Crippen LogP contribution is -2.34. The molecule has 0 amide bonds. The van der Waals surface area contributed by atoms with E-state index < -0.39 is 5.97 Å². The number of nitrogens with zero attached hydrogens (tertiary/aromatic N) is 2. The quantitative estimate of drug-likeness (QED) is 0.795. The van der Waals surface area contributed by atoms with Gasteiger partial charge in [0.05, 0.1) is 13.0 Å². The first kappa shape index (κ1) is 17.8. The molecule has 2 rings (SSSR count). The van der Waals surface area contributed by atoms with Crippen LogP contribution in [0.1, 0.15) is 25.3 Å². The second-order valence-electron chi connectivity index (χ2n) is 6.08. The van der Waals surface area contributed by atoms with Crippen molar-refractivity contribution in [1.29, 1.82) is 0 Å². The van der Waals surface area contributed by atoms with E-state index in [4.69, 9.17) is 4.74 Å². The number of hydrogen-bond donors (Lipinski definition) is 1. The number of carbonyl (C=O) groups is 1. The zero-order chi connectivity index (χ0) is 16.8. The fourth-order valence-corrected chi connectivity index (χ4v) is 3.43. The minimum absolute atomic E-state index is 0.0136. The normalized spacial score (nSPS) is 21.7. The van der Waals surface area contributed by atoms with Crippen molar-refractivity contribution in [3.05, 3.63) is 29.8 Å². The van der Waals surface area contributed by atoms with Gasteiger partial charge in [-0.1, -0.05) is 32.0 Å². The van der Waals surface area contributed by atoms with E-state index in [9.17, 15) is 9.90 Å². The summed E-state index contributed by atoms with van der Waals surface area (Å²) in [6, 6.07) is 7.78. The molecule has 1 aromatic carbocycles. The number of rotatable bonds is 8. The molecular weight excluding hydrogens is 292 g/mol. The Hall–Kier alpha value is -1.59. The van der Waals surface area contributed by atoms with Crippen LogP contribution >= 0.6 is 0 Å². The Morgan fingerprint density at radius 3 is 2.61 bits per heavy atom. The predicted molar refractivity (Wildman–Crippen MR) is 91.1 cm³/mol. The van der Waals surface area contributed by atoms with Gasteiger partial charge in [0.2, 0.25) is 0 Å². The van der Waals surface area contributed by atoms with Crippen molar-refractivity contribution in [2.45, 2.75) is 19.8 Å². The first-order valence-corrected chi connectivity index (χ1v) is 8.41. The van der Waals surface area contributed by atoms with Crippen LogP contribution in [0.25, 0.3) is 0 Å². The van der Waals surface area contributed by atoms with Crippen LogP contribution in [0.3, 0.4) is 0 Å². The summed E-state index contributed by atoms with van der Waals surface area (Å²) in [6.07, 6.45) is 0. The maximum absolute atomic E-state index is 11.7. The Kier molecular flexibility index (Phi) is 6.42. The molecule has 0 bridgehead atoms. The molecule has 23 heavy (non-hydrogen) atoms. The second-order valence-corrected chi connectivity index (χ2v) is 6.08. The summed E-state index contributed by atoms with van der Waals surface area (Å²) in [4.78, 5) is 16.3. The summed E-state index contributed by atoms with van der Waals surface area (Å²) in [5.41, 5.74) is 1.01. The third-order valence-corrected chi connectivity index (χ3v) is 4.88. The molecule has 5 heteroatoms. The van der Waals surface area contributed by atoms with Crippen LogP contribution in [-0.2, 0) is 4.79 Å². The minimum Gasteiger partial charge on any atom is -0.496 e. The zero-order valence-electron chi connectivity index (χ0n) is 14.4.